The smallest absolute Gasteiger partial charge is 0.228 e. The van der Waals surface area contributed by atoms with Crippen molar-refractivity contribution in [1.82, 2.24) is 10.2 Å². The van der Waals surface area contributed by atoms with Gasteiger partial charge in [-0.15, -0.1) is 0 Å². The van der Waals surface area contributed by atoms with Crippen LogP contribution in [0.2, 0.25) is 0 Å². The summed E-state index contributed by atoms with van der Waals surface area (Å²) in [4.78, 5) is 13.9. The third kappa shape index (κ3) is 2.67. The van der Waals surface area contributed by atoms with Crippen molar-refractivity contribution in [2.75, 3.05) is 20.1 Å². The van der Waals surface area contributed by atoms with Crippen molar-refractivity contribution in [3.8, 4) is 0 Å². The van der Waals surface area contributed by atoms with Gasteiger partial charge in [-0.3, -0.25) is 4.79 Å². The molecule has 0 aliphatic carbocycles. The first-order valence-electron chi connectivity index (χ1n) is 6.10. The molecular weight excluding hydrogens is 212 g/mol. The van der Waals surface area contributed by atoms with E-state index in [1.165, 1.54) is 16.7 Å². The Morgan fingerprint density at radius 1 is 1.41 bits per heavy atom. The molecule has 0 radical (unpaired) electrons. The fourth-order valence-electron chi connectivity index (χ4n) is 2.08. The lowest BCUT2D eigenvalue weighted by Crippen LogP contribution is -2.51. The van der Waals surface area contributed by atoms with E-state index < -0.39 is 0 Å². The largest absolute Gasteiger partial charge is 0.341 e. The summed E-state index contributed by atoms with van der Waals surface area (Å²) in [5, 5.41) is 3.13. The number of rotatable bonds is 3. The van der Waals surface area contributed by atoms with Crippen LogP contribution in [0.3, 0.4) is 0 Å². The van der Waals surface area contributed by atoms with Crippen LogP contribution in [-0.2, 0) is 11.3 Å². The minimum absolute atomic E-state index is 0.185. The van der Waals surface area contributed by atoms with Gasteiger partial charge in [-0.05, 0) is 25.0 Å². The summed E-state index contributed by atoms with van der Waals surface area (Å²) < 4.78 is 0. The molecule has 3 nitrogen and oxygen atoms in total. The highest BCUT2D eigenvalue weighted by atomic mass is 16.2. The normalized spacial score (nSPS) is 15.5. The number of carbonyl (C=O) groups is 1. The Balaban J connectivity index is 2.04. The molecule has 1 N–H and O–H groups in total. The Morgan fingerprint density at radius 2 is 2.12 bits per heavy atom. The molecule has 1 amide bonds. The van der Waals surface area contributed by atoms with Crippen LogP contribution in [0.4, 0.5) is 0 Å². The Hall–Kier alpha value is -1.35. The maximum absolute atomic E-state index is 12.0. The third-order valence-corrected chi connectivity index (χ3v) is 3.42. The van der Waals surface area contributed by atoms with Crippen LogP contribution < -0.4 is 5.32 Å². The highest BCUT2D eigenvalue weighted by Crippen LogP contribution is 2.15. The van der Waals surface area contributed by atoms with E-state index in [1.807, 2.05) is 11.9 Å². The predicted octanol–water partition coefficient (Wildman–Crippen LogP) is 1.48. The highest BCUT2D eigenvalue weighted by molar-refractivity contribution is 5.80. The molecule has 1 saturated heterocycles. The van der Waals surface area contributed by atoms with Gasteiger partial charge in [0, 0.05) is 26.7 Å². The average Bonchev–Trinajstić information content (AvgIpc) is 2.21. The van der Waals surface area contributed by atoms with Crippen molar-refractivity contribution < 1.29 is 4.79 Å². The van der Waals surface area contributed by atoms with Crippen molar-refractivity contribution in [2.24, 2.45) is 5.92 Å². The molecule has 1 aliphatic heterocycles. The zero-order valence-corrected chi connectivity index (χ0v) is 10.8. The van der Waals surface area contributed by atoms with Gasteiger partial charge in [0.25, 0.3) is 0 Å². The van der Waals surface area contributed by atoms with E-state index >= 15 is 0 Å². The second-order valence-electron chi connectivity index (χ2n) is 4.98. The molecule has 1 heterocycles. The maximum atomic E-state index is 12.0. The SMILES string of the molecule is Cc1ccc(C)c(CN(C)C(=O)C2CNC2)c1. The second-order valence-corrected chi connectivity index (χ2v) is 4.98. The van der Waals surface area contributed by atoms with Gasteiger partial charge < -0.3 is 10.2 Å². The fourth-order valence-corrected chi connectivity index (χ4v) is 2.08. The summed E-state index contributed by atoms with van der Waals surface area (Å²) in [5.41, 5.74) is 3.74. The number of carbonyl (C=O) groups excluding carboxylic acids is 1. The molecule has 1 fully saturated rings. The van der Waals surface area contributed by atoms with Gasteiger partial charge in [0.1, 0.15) is 0 Å². The van der Waals surface area contributed by atoms with Crippen LogP contribution in [0.25, 0.3) is 0 Å². The zero-order valence-electron chi connectivity index (χ0n) is 10.8. The van der Waals surface area contributed by atoms with Crippen LogP contribution >= 0.6 is 0 Å². The molecule has 0 aromatic heterocycles. The number of aryl methyl sites for hydroxylation is 2. The van der Waals surface area contributed by atoms with Gasteiger partial charge in [0.05, 0.1) is 5.92 Å². The Labute approximate surface area is 103 Å². The summed E-state index contributed by atoms with van der Waals surface area (Å²) in [5.74, 6) is 0.440. The van der Waals surface area contributed by atoms with E-state index in [0.717, 1.165) is 13.1 Å². The van der Waals surface area contributed by atoms with E-state index in [0.29, 0.717) is 6.54 Å². The van der Waals surface area contributed by atoms with Gasteiger partial charge >= 0.3 is 0 Å². The summed E-state index contributed by atoms with van der Waals surface area (Å²) >= 11 is 0. The monoisotopic (exact) mass is 232 g/mol. The first-order valence-corrected chi connectivity index (χ1v) is 6.10. The van der Waals surface area contributed by atoms with Crippen LogP contribution in [0, 0.1) is 19.8 Å². The molecule has 1 aliphatic rings. The minimum Gasteiger partial charge on any atom is -0.341 e. The number of hydrogen-bond donors (Lipinski definition) is 1. The van der Waals surface area contributed by atoms with Crippen LogP contribution in [0.1, 0.15) is 16.7 Å². The quantitative estimate of drug-likeness (QED) is 0.856. The zero-order chi connectivity index (χ0) is 12.4. The van der Waals surface area contributed by atoms with E-state index in [9.17, 15) is 4.79 Å². The van der Waals surface area contributed by atoms with Crippen LogP contribution in [-0.4, -0.2) is 30.9 Å². The maximum Gasteiger partial charge on any atom is 0.228 e. The molecule has 0 spiro atoms. The number of hydrogen-bond acceptors (Lipinski definition) is 2. The average molecular weight is 232 g/mol. The Bertz CT molecular complexity index is 424. The summed E-state index contributed by atoms with van der Waals surface area (Å²) in [7, 11) is 1.89. The minimum atomic E-state index is 0.185. The predicted molar refractivity (Wildman–Crippen MR) is 68.7 cm³/mol. The van der Waals surface area contributed by atoms with Crippen molar-refractivity contribution in [3.05, 3.63) is 34.9 Å². The van der Waals surface area contributed by atoms with Gasteiger partial charge in [0.2, 0.25) is 5.91 Å². The molecule has 17 heavy (non-hydrogen) atoms. The van der Waals surface area contributed by atoms with E-state index in [1.54, 1.807) is 0 Å². The third-order valence-electron chi connectivity index (χ3n) is 3.42. The van der Waals surface area contributed by atoms with Crippen molar-refractivity contribution >= 4 is 5.91 Å². The van der Waals surface area contributed by atoms with E-state index in [2.05, 4.69) is 37.4 Å². The molecule has 1 aromatic carbocycles. The number of nitrogens with zero attached hydrogens (tertiary/aromatic N) is 1. The number of nitrogens with one attached hydrogen (secondary N) is 1. The summed E-state index contributed by atoms with van der Waals surface area (Å²) in [6, 6.07) is 6.39. The molecule has 0 unspecified atom stereocenters. The summed E-state index contributed by atoms with van der Waals surface area (Å²) in [6.45, 7) is 6.55. The first-order chi connectivity index (χ1) is 8.08. The highest BCUT2D eigenvalue weighted by Gasteiger charge is 2.27. The Morgan fingerprint density at radius 3 is 2.71 bits per heavy atom. The van der Waals surface area contributed by atoms with Crippen LogP contribution in [0.5, 0.6) is 0 Å². The van der Waals surface area contributed by atoms with Crippen molar-refractivity contribution in [2.45, 2.75) is 20.4 Å². The second kappa shape index (κ2) is 4.88. The lowest BCUT2D eigenvalue weighted by Gasteiger charge is -2.30. The lowest BCUT2D eigenvalue weighted by molar-refractivity contribution is -0.136. The summed E-state index contributed by atoms with van der Waals surface area (Å²) in [6.07, 6.45) is 0. The fraction of sp³-hybridized carbons (Fsp3) is 0.500. The molecule has 0 atom stereocenters. The van der Waals surface area contributed by atoms with Gasteiger partial charge in [-0.25, -0.2) is 0 Å². The van der Waals surface area contributed by atoms with E-state index in [-0.39, 0.29) is 11.8 Å². The molecule has 2 rings (SSSR count). The van der Waals surface area contributed by atoms with Crippen LogP contribution in [0.15, 0.2) is 18.2 Å². The topological polar surface area (TPSA) is 32.3 Å². The molecule has 3 heteroatoms. The van der Waals surface area contributed by atoms with Crippen molar-refractivity contribution in [1.29, 1.82) is 0 Å². The van der Waals surface area contributed by atoms with E-state index in [4.69, 9.17) is 0 Å². The Kier molecular flexibility index (Phi) is 3.48. The van der Waals surface area contributed by atoms with Crippen molar-refractivity contribution in [3.63, 3.8) is 0 Å². The standard InChI is InChI=1S/C14H20N2O/c1-10-4-5-11(2)12(6-10)9-16(3)14(17)13-7-15-8-13/h4-6,13,15H,7-9H2,1-3H3. The molecule has 92 valence electrons. The van der Waals surface area contributed by atoms with Gasteiger partial charge in [-0.2, -0.15) is 0 Å². The lowest BCUT2D eigenvalue weighted by atomic mass is 10.0. The number of amides is 1. The molecule has 0 saturated carbocycles. The molecular formula is C14H20N2O. The first kappa shape index (κ1) is 12.1. The number of benzene rings is 1. The molecule has 0 bridgehead atoms. The van der Waals surface area contributed by atoms with Gasteiger partial charge in [-0.1, -0.05) is 23.8 Å². The molecule has 1 aromatic rings. The van der Waals surface area contributed by atoms with Gasteiger partial charge in [0.15, 0.2) is 0 Å².